The van der Waals surface area contributed by atoms with Crippen LogP contribution in [0.5, 0.6) is 0 Å². The Morgan fingerprint density at radius 3 is 0.981 bits per heavy atom. The number of esters is 3. The topological polar surface area (TPSA) is 78.9 Å². The Labute approximate surface area is 329 Å². The van der Waals surface area contributed by atoms with Crippen LogP contribution in [0.1, 0.15) is 253 Å². The molecule has 0 saturated carbocycles. The Morgan fingerprint density at radius 1 is 0.377 bits per heavy atom. The van der Waals surface area contributed by atoms with E-state index in [0.717, 1.165) is 69.6 Å². The summed E-state index contributed by atoms with van der Waals surface area (Å²) >= 11 is 0. The Hall–Kier alpha value is -1.59. The average Bonchev–Trinajstić information content (AvgIpc) is 3.15. The number of unbranched alkanes of at least 4 members (excludes halogenated alkanes) is 24. The third-order valence-electron chi connectivity index (χ3n) is 11.2. The van der Waals surface area contributed by atoms with Crippen molar-refractivity contribution in [3.05, 3.63) is 0 Å². The molecule has 0 aromatic carbocycles. The Balaban J connectivity index is 4.36. The summed E-state index contributed by atoms with van der Waals surface area (Å²) in [6.07, 6.45) is 37.9. The third-order valence-corrected chi connectivity index (χ3v) is 11.2. The number of hydrogen-bond acceptors (Lipinski definition) is 6. The summed E-state index contributed by atoms with van der Waals surface area (Å²) in [6, 6.07) is 0. The second-order valence-electron chi connectivity index (χ2n) is 16.5. The second-order valence-corrected chi connectivity index (χ2v) is 16.5. The van der Waals surface area contributed by atoms with Crippen molar-refractivity contribution in [1.82, 2.24) is 0 Å². The first kappa shape index (κ1) is 51.4. The fourth-order valence-corrected chi connectivity index (χ4v) is 6.86. The minimum Gasteiger partial charge on any atom is -0.462 e. The van der Waals surface area contributed by atoms with Gasteiger partial charge in [-0.15, -0.1) is 0 Å². The Bertz CT molecular complexity index is 813. The van der Waals surface area contributed by atoms with E-state index in [4.69, 9.17) is 14.2 Å². The molecule has 0 aliphatic heterocycles. The van der Waals surface area contributed by atoms with Crippen molar-refractivity contribution >= 4 is 17.9 Å². The number of rotatable bonds is 41. The van der Waals surface area contributed by atoms with Crippen LogP contribution in [0.2, 0.25) is 0 Å². The Kier molecular flexibility index (Phi) is 38.9. The molecular formula is C47H90O6. The molecule has 0 saturated heterocycles. The van der Waals surface area contributed by atoms with Gasteiger partial charge in [0.1, 0.15) is 13.2 Å². The van der Waals surface area contributed by atoms with E-state index in [1.165, 1.54) is 141 Å². The molecule has 0 heterocycles. The highest BCUT2D eigenvalue weighted by Crippen LogP contribution is 2.17. The normalized spacial score (nSPS) is 13.1. The SMILES string of the molecule is CCCCCCCCCCCCCC(=O)OC[C@H](COC(=O)CCCCCCCCCCC(C)CC)OC(=O)CCCCCCCCCCC(C)CC. The molecule has 0 aliphatic rings. The lowest BCUT2D eigenvalue weighted by molar-refractivity contribution is -0.167. The lowest BCUT2D eigenvalue weighted by Crippen LogP contribution is -2.30. The molecule has 0 bridgehead atoms. The van der Waals surface area contributed by atoms with Gasteiger partial charge in [0.05, 0.1) is 0 Å². The molecule has 0 radical (unpaired) electrons. The lowest BCUT2D eigenvalue weighted by atomic mass is 9.99. The summed E-state index contributed by atoms with van der Waals surface area (Å²) in [5, 5.41) is 0. The first-order valence-electron chi connectivity index (χ1n) is 23.3. The van der Waals surface area contributed by atoms with Gasteiger partial charge in [-0.25, -0.2) is 0 Å². The van der Waals surface area contributed by atoms with E-state index in [1.807, 2.05) is 0 Å². The van der Waals surface area contributed by atoms with Gasteiger partial charge in [-0.2, -0.15) is 0 Å². The van der Waals surface area contributed by atoms with Gasteiger partial charge >= 0.3 is 17.9 Å². The van der Waals surface area contributed by atoms with Crippen molar-refractivity contribution in [1.29, 1.82) is 0 Å². The maximum absolute atomic E-state index is 12.7. The van der Waals surface area contributed by atoms with Crippen LogP contribution < -0.4 is 0 Å². The highest BCUT2D eigenvalue weighted by molar-refractivity contribution is 5.71. The second kappa shape index (κ2) is 40.1. The van der Waals surface area contributed by atoms with Gasteiger partial charge in [0, 0.05) is 19.3 Å². The summed E-state index contributed by atoms with van der Waals surface area (Å²) in [5.74, 6) is 0.834. The molecule has 53 heavy (non-hydrogen) atoms. The van der Waals surface area contributed by atoms with E-state index in [1.54, 1.807) is 0 Å². The molecule has 0 aliphatic carbocycles. The van der Waals surface area contributed by atoms with Crippen LogP contribution in [0.4, 0.5) is 0 Å². The molecule has 0 amide bonds. The third kappa shape index (κ3) is 38.5. The zero-order valence-corrected chi connectivity index (χ0v) is 36.1. The van der Waals surface area contributed by atoms with Crippen LogP contribution in [0.15, 0.2) is 0 Å². The van der Waals surface area contributed by atoms with Gasteiger partial charge in [0.2, 0.25) is 0 Å². The molecule has 0 N–H and O–H groups in total. The zero-order chi connectivity index (χ0) is 39.0. The molecule has 0 fully saturated rings. The largest absolute Gasteiger partial charge is 0.462 e. The Morgan fingerprint density at radius 2 is 0.660 bits per heavy atom. The molecule has 2 unspecified atom stereocenters. The molecule has 0 aromatic heterocycles. The highest BCUT2D eigenvalue weighted by Gasteiger charge is 2.19. The first-order valence-corrected chi connectivity index (χ1v) is 23.3. The number of carbonyl (C=O) groups excluding carboxylic acids is 3. The molecule has 6 heteroatoms. The summed E-state index contributed by atoms with van der Waals surface area (Å²) in [5.41, 5.74) is 0. The zero-order valence-electron chi connectivity index (χ0n) is 36.1. The van der Waals surface area contributed by atoms with Crippen molar-refractivity contribution in [3.63, 3.8) is 0 Å². The van der Waals surface area contributed by atoms with E-state index >= 15 is 0 Å². The van der Waals surface area contributed by atoms with Crippen LogP contribution >= 0.6 is 0 Å². The van der Waals surface area contributed by atoms with E-state index < -0.39 is 6.10 Å². The lowest BCUT2D eigenvalue weighted by Gasteiger charge is -2.18. The van der Waals surface area contributed by atoms with Crippen LogP contribution in [0.3, 0.4) is 0 Å². The van der Waals surface area contributed by atoms with Crippen LogP contribution in [-0.2, 0) is 28.6 Å². The summed E-state index contributed by atoms with van der Waals surface area (Å²) in [7, 11) is 0. The molecule has 0 spiro atoms. The van der Waals surface area contributed by atoms with Gasteiger partial charge in [0.15, 0.2) is 6.10 Å². The van der Waals surface area contributed by atoms with E-state index in [-0.39, 0.29) is 31.1 Å². The van der Waals surface area contributed by atoms with Crippen LogP contribution in [0, 0.1) is 11.8 Å². The first-order chi connectivity index (χ1) is 25.8. The minimum atomic E-state index is -0.761. The van der Waals surface area contributed by atoms with Gasteiger partial charge in [-0.1, -0.05) is 214 Å². The maximum Gasteiger partial charge on any atom is 0.306 e. The standard InChI is InChI=1S/C47H90O6/c1-6-9-10-11-12-13-14-15-22-27-32-37-45(48)51-40-44(53-47(50)39-34-29-24-19-17-21-26-31-36-43(5)8-3)41-52-46(49)38-33-28-23-18-16-20-25-30-35-42(4)7-2/h42-44H,6-41H2,1-5H3/t42?,43?,44-/m1/s1. The van der Waals surface area contributed by atoms with E-state index in [9.17, 15) is 14.4 Å². The van der Waals surface area contributed by atoms with Gasteiger partial charge < -0.3 is 14.2 Å². The predicted octanol–water partition coefficient (Wildman–Crippen LogP) is 14.6. The molecule has 6 nitrogen and oxygen atoms in total. The molecule has 0 rings (SSSR count). The van der Waals surface area contributed by atoms with Crippen LogP contribution in [-0.4, -0.2) is 37.2 Å². The monoisotopic (exact) mass is 751 g/mol. The quantitative estimate of drug-likeness (QED) is 0.0352. The van der Waals surface area contributed by atoms with Crippen molar-refractivity contribution in [2.24, 2.45) is 11.8 Å². The van der Waals surface area contributed by atoms with Crippen molar-refractivity contribution < 1.29 is 28.6 Å². The predicted molar refractivity (Wildman–Crippen MR) is 224 cm³/mol. The van der Waals surface area contributed by atoms with Crippen molar-refractivity contribution in [3.8, 4) is 0 Å². The van der Waals surface area contributed by atoms with E-state index in [2.05, 4.69) is 34.6 Å². The van der Waals surface area contributed by atoms with Crippen molar-refractivity contribution in [2.75, 3.05) is 13.2 Å². The molecular weight excluding hydrogens is 661 g/mol. The minimum absolute atomic E-state index is 0.0652. The smallest absolute Gasteiger partial charge is 0.306 e. The van der Waals surface area contributed by atoms with Crippen molar-refractivity contribution in [2.45, 2.75) is 259 Å². The van der Waals surface area contributed by atoms with E-state index in [0.29, 0.717) is 19.3 Å². The summed E-state index contributed by atoms with van der Waals surface area (Å²) < 4.78 is 16.7. The molecule has 3 atom stereocenters. The number of carbonyl (C=O) groups is 3. The molecule has 314 valence electrons. The summed E-state index contributed by atoms with van der Waals surface area (Å²) in [4.78, 5) is 37.7. The number of hydrogen-bond donors (Lipinski definition) is 0. The van der Waals surface area contributed by atoms with Gasteiger partial charge in [-0.3, -0.25) is 14.4 Å². The fourth-order valence-electron chi connectivity index (χ4n) is 6.86. The van der Waals surface area contributed by atoms with Gasteiger partial charge in [-0.05, 0) is 31.1 Å². The fraction of sp³-hybridized carbons (Fsp3) is 0.936. The van der Waals surface area contributed by atoms with Gasteiger partial charge in [0.25, 0.3) is 0 Å². The molecule has 0 aromatic rings. The highest BCUT2D eigenvalue weighted by atomic mass is 16.6. The van der Waals surface area contributed by atoms with Crippen LogP contribution in [0.25, 0.3) is 0 Å². The maximum atomic E-state index is 12.7. The number of ether oxygens (including phenoxy) is 3. The summed E-state index contributed by atoms with van der Waals surface area (Å²) in [6.45, 7) is 11.3. The average molecular weight is 751 g/mol.